The molecule has 1 aromatic rings. The van der Waals surface area contributed by atoms with Crippen LogP contribution in [0.5, 0.6) is 0 Å². The molecule has 0 unspecified atom stereocenters. The zero-order chi connectivity index (χ0) is 11.1. The number of nitro groups is 1. The quantitative estimate of drug-likeness (QED) is 0.458. The molecule has 0 spiro atoms. The molecule has 82 valence electrons. The van der Waals surface area contributed by atoms with Crippen LogP contribution in [0.3, 0.4) is 0 Å². The number of hydrogen-bond acceptors (Lipinski definition) is 4. The second kappa shape index (κ2) is 6.42. The minimum absolute atomic E-state index is 0.189. The van der Waals surface area contributed by atoms with Gasteiger partial charge in [-0.05, 0) is 6.26 Å². The van der Waals surface area contributed by atoms with Gasteiger partial charge in [-0.1, -0.05) is 18.2 Å². The third kappa shape index (κ3) is 3.89. The standard InChI is InChI=1S/C10H14N2O2S/c1-15-7-6-11-8-9-4-2-3-5-10(9)12(13)14/h2-5,11H,6-8H2,1H3. The van der Waals surface area contributed by atoms with Crippen molar-refractivity contribution >= 4 is 17.4 Å². The average Bonchev–Trinajstić information content (AvgIpc) is 2.25. The average molecular weight is 226 g/mol. The van der Waals surface area contributed by atoms with Crippen molar-refractivity contribution in [3.63, 3.8) is 0 Å². The van der Waals surface area contributed by atoms with Gasteiger partial charge in [0.1, 0.15) is 0 Å². The lowest BCUT2D eigenvalue weighted by atomic mass is 10.2. The highest BCUT2D eigenvalue weighted by Crippen LogP contribution is 2.16. The molecule has 0 heterocycles. The van der Waals surface area contributed by atoms with Crippen molar-refractivity contribution in [2.24, 2.45) is 0 Å². The predicted molar refractivity (Wildman–Crippen MR) is 63.2 cm³/mol. The summed E-state index contributed by atoms with van der Waals surface area (Å²) in [4.78, 5) is 10.3. The summed E-state index contributed by atoms with van der Waals surface area (Å²) in [5.74, 6) is 1.01. The van der Waals surface area contributed by atoms with E-state index in [9.17, 15) is 10.1 Å². The Balaban J connectivity index is 2.56. The molecule has 5 heteroatoms. The van der Waals surface area contributed by atoms with E-state index in [1.54, 1.807) is 23.9 Å². The van der Waals surface area contributed by atoms with Crippen LogP contribution in [-0.4, -0.2) is 23.5 Å². The molecule has 0 fully saturated rings. The van der Waals surface area contributed by atoms with E-state index in [1.165, 1.54) is 6.07 Å². The SMILES string of the molecule is CSCCNCc1ccccc1[N+](=O)[O-]. The molecule has 1 rings (SSSR count). The Hall–Kier alpha value is -1.07. The van der Waals surface area contributed by atoms with Gasteiger partial charge in [0.2, 0.25) is 0 Å². The molecule has 15 heavy (non-hydrogen) atoms. The van der Waals surface area contributed by atoms with Crippen LogP contribution in [0.4, 0.5) is 5.69 Å². The summed E-state index contributed by atoms with van der Waals surface area (Å²) in [6, 6.07) is 6.82. The van der Waals surface area contributed by atoms with Crippen molar-refractivity contribution < 1.29 is 4.92 Å². The van der Waals surface area contributed by atoms with Crippen LogP contribution < -0.4 is 5.32 Å². The number of benzene rings is 1. The Morgan fingerprint density at radius 3 is 2.87 bits per heavy atom. The fourth-order valence-electron chi connectivity index (χ4n) is 1.24. The molecular weight excluding hydrogens is 212 g/mol. The Morgan fingerprint density at radius 1 is 1.47 bits per heavy atom. The highest BCUT2D eigenvalue weighted by Gasteiger charge is 2.10. The Kier molecular flexibility index (Phi) is 5.14. The molecule has 1 aromatic carbocycles. The van der Waals surface area contributed by atoms with Gasteiger partial charge in [-0.25, -0.2) is 0 Å². The highest BCUT2D eigenvalue weighted by molar-refractivity contribution is 7.98. The van der Waals surface area contributed by atoms with E-state index in [1.807, 2.05) is 12.3 Å². The molecule has 0 bridgehead atoms. The van der Waals surface area contributed by atoms with Crippen LogP contribution in [-0.2, 0) is 6.54 Å². The fourth-order valence-corrected chi connectivity index (χ4v) is 1.58. The monoisotopic (exact) mass is 226 g/mol. The van der Waals surface area contributed by atoms with Gasteiger partial charge in [0.25, 0.3) is 5.69 Å². The molecule has 0 atom stereocenters. The second-order valence-corrected chi connectivity index (χ2v) is 4.04. The molecule has 0 aliphatic heterocycles. The molecule has 0 radical (unpaired) electrons. The normalized spacial score (nSPS) is 10.2. The van der Waals surface area contributed by atoms with E-state index < -0.39 is 0 Å². The van der Waals surface area contributed by atoms with E-state index in [2.05, 4.69) is 5.32 Å². The molecule has 0 aliphatic carbocycles. The van der Waals surface area contributed by atoms with Crippen molar-refractivity contribution in [3.8, 4) is 0 Å². The largest absolute Gasteiger partial charge is 0.312 e. The summed E-state index contributed by atoms with van der Waals surface area (Å²) in [6.45, 7) is 1.42. The zero-order valence-electron chi connectivity index (χ0n) is 8.60. The van der Waals surface area contributed by atoms with Crippen LogP contribution in [0.25, 0.3) is 0 Å². The number of rotatable bonds is 6. The van der Waals surface area contributed by atoms with E-state index in [-0.39, 0.29) is 10.6 Å². The van der Waals surface area contributed by atoms with Gasteiger partial charge in [0, 0.05) is 30.5 Å². The molecule has 1 N–H and O–H groups in total. The topological polar surface area (TPSA) is 55.2 Å². The molecule has 0 saturated heterocycles. The number of thioether (sulfide) groups is 1. The molecular formula is C10H14N2O2S. The van der Waals surface area contributed by atoms with E-state index in [0.717, 1.165) is 17.9 Å². The van der Waals surface area contributed by atoms with Crippen LogP contribution in [0, 0.1) is 10.1 Å². The van der Waals surface area contributed by atoms with Crippen molar-refractivity contribution in [1.82, 2.24) is 5.32 Å². The maximum Gasteiger partial charge on any atom is 0.273 e. The summed E-state index contributed by atoms with van der Waals surface area (Å²) >= 11 is 1.75. The van der Waals surface area contributed by atoms with Crippen LogP contribution >= 0.6 is 11.8 Å². The van der Waals surface area contributed by atoms with Crippen molar-refractivity contribution in [3.05, 3.63) is 39.9 Å². The van der Waals surface area contributed by atoms with Crippen LogP contribution in [0.15, 0.2) is 24.3 Å². The second-order valence-electron chi connectivity index (χ2n) is 3.06. The minimum atomic E-state index is -0.342. The summed E-state index contributed by atoms with van der Waals surface area (Å²) in [7, 11) is 0. The lowest BCUT2D eigenvalue weighted by molar-refractivity contribution is -0.385. The van der Waals surface area contributed by atoms with Gasteiger partial charge in [-0.15, -0.1) is 0 Å². The van der Waals surface area contributed by atoms with Crippen LogP contribution in [0.2, 0.25) is 0 Å². The van der Waals surface area contributed by atoms with E-state index >= 15 is 0 Å². The molecule has 0 saturated carbocycles. The minimum Gasteiger partial charge on any atom is -0.312 e. The Labute approximate surface area is 93.2 Å². The molecule has 0 aromatic heterocycles. The van der Waals surface area contributed by atoms with Crippen LogP contribution in [0.1, 0.15) is 5.56 Å². The number of para-hydroxylation sites is 1. The summed E-state index contributed by atoms with van der Waals surface area (Å²) in [5, 5.41) is 13.9. The van der Waals surface area contributed by atoms with E-state index in [4.69, 9.17) is 0 Å². The summed E-state index contributed by atoms with van der Waals surface area (Å²) < 4.78 is 0. The first-order valence-electron chi connectivity index (χ1n) is 4.67. The lowest BCUT2D eigenvalue weighted by Gasteiger charge is -2.04. The van der Waals surface area contributed by atoms with E-state index in [0.29, 0.717) is 6.54 Å². The molecule has 4 nitrogen and oxygen atoms in total. The first kappa shape index (κ1) is 12.0. The third-order valence-electron chi connectivity index (χ3n) is 1.99. The summed E-state index contributed by atoms with van der Waals surface area (Å²) in [5.41, 5.74) is 0.928. The molecule has 0 aliphatic rings. The summed E-state index contributed by atoms with van der Waals surface area (Å²) in [6.07, 6.45) is 2.03. The number of hydrogen-bond donors (Lipinski definition) is 1. The van der Waals surface area contributed by atoms with Crippen molar-refractivity contribution in [1.29, 1.82) is 0 Å². The van der Waals surface area contributed by atoms with Gasteiger partial charge in [0.15, 0.2) is 0 Å². The third-order valence-corrected chi connectivity index (χ3v) is 2.60. The van der Waals surface area contributed by atoms with Gasteiger partial charge in [-0.3, -0.25) is 10.1 Å². The predicted octanol–water partition coefficient (Wildman–Crippen LogP) is 2.05. The van der Waals surface area contributed by atoms with Crippen molar-refractivity contribution in [2.45, 2.75) is 6.54 Å². The Bertz CT molecular complexity index is 331. The lowest BCUT2D eigenvalue weighted by Crippen LogP contribution is -2.17. The highest BCUT2D eigenvalue weighted by atomic mass is 32.2. The first-order chi connectivity index (χ1) is 7.25. The smallest absolute Gasteiger partial charge is 0.273 e. The number of nitrogens with zero attached hydrogens (tertiary/aromatic N) is 1. The van der Waals surface area contributed by atoms with Gasteiger partial charge in [-0.2, -0.15) is 11.8 Å². The van der Waals surface area contributed by atoms with Crippen molar-refractivity contribution in [2.75, 3.05) is 18.6 Å². The fraction of sp³-hybridized carbons (Fsp3) is 0.400. The number of nitrogens with one attached hydrogen (secondary N) is 1. The van der Waals surface area contributed by atoms with Gasteiger partial charge < -0.3 is 5.32 Å². The van der Waals surface area contributed by atoms with Gasteiger partial charge in [0.05, 0.1) is 4.92 Å². The maximum atomic E-state index is 10.7. The Morgan fingerprint density at radius 2 is 2.20 bits per heavy atom. The van der Waals surface area contributed by atoms with Gasteiger partial charge >= 0.3 is 0 Å². The zero-order valence-corrected chi connectivity index (χ0v) is 9.42. The number of nitro benzene ring substituents is 1. The molecule has 0 amide bonds. The first-order valence-corrected chi connectivity index (χ1v) is 6.07. The maximum absolute atomic E-state index is 10.7.